The first-order valence-corrected chi connectivity index (χ1v) is 5.36. The summed E-state index contributed by atoms with van der Waals surface area (Å²) in [6.45, 7) is 2.44. The van der Waals surface area contributed by atoms with Crippen molar-refractivity contribution in [3.8, 4) is 0 Å². The van der Waals surface area contributed by atoms with Gasteiger partial charge in [0.05, 0.1) is 0 Å². The van der Waals surface area contributed by atoms with Crippen LogP contribution in [0.2, 0.25) is 0 Å². The summed E-state index contributed by atoms with van der Waals surface area (Å²) in [6.07, 6.45) is 2.44. The molecule has 0 spiro atoms. The van der Waals surface area contributed by atoms with Crippen LogP contribution in [0.3, 0.4) is 0 Å². The number of amides is 1. The molecule has 0 fully saturated rings. The number of aromatic nitrogens is 2. The molecular formula is C9H14ClN3O2. The lowest BCUT2D eigenvalue weighted by Crippen LogP contribution is -2.27. The van der Waals surface area contributed by atoms with Gasteiger partial charge in [-0.25, -0.2) is 0 Å². The van der Waals surface area contributed by atoms with Gasteiger partial charge in [0.15, 0.2) is 5.82 Å². The van der Waals surface area contributed by atoms with Crippen molar-refractivity contribution in [3.63, 3.8) is 0 Å². The van der Waals surface area contributed by atoms with Crippen molar-refractivity contribution in [1.29, 1.82) is 0 Å². The fourth-order valence-electron chi connectivity index (χ4n) is 1.07. The van der Waals surface area contributed by atoms with E-state index in [1.54, 1.807) is 0 Å². The number of rotatable bonds is 6. The van der Waals surface area contributed by atoms with E-state index in [4.69, 9.17) is 11.6 Å². The number of halogens is 1. The van der Waals surface area contributed by atoms with E-state index in [9.17, 15) is 4.79 Å². The molecule has 15 heavy (non-hydrogen) atoms. The smallest absolute Gasteiger partial charge is 0.220 e. The number of carbonyl (C=O) groups is 1. The van der Waals surface area contributed by atoms with Gasteiger partial charge >= 0.3 is 0 Å². The molecule has 0 bridgehead atoms. The molecule has 1 unspecified atom stereocenters. The number of nitrogens with one attached hydrogen (secondary N) is 1. The van der Waals surface area contributed by atoms with Gasteiger partial charge < -0.3 is 9.84 Å². The highest BCUT2D eigenvalue weighted by molar-refractivity contribution is 6.17. The molecule has 0 aliphatic heterocycles. The van der Waals surface area contributed by atoms with Gasteiger partial charge in [0, 0.05) is 24.8 Å². The van der Waals surface area contributed by atoms with Crippen LogP contribution in [0.4, 0.5) is 0 Å². The summed E-state index contributed by atoms with van der Waals surface area (Å²) in [7, 11) is 0. The van der Waals surface area contributed by atoms with E-state index in [1.807, 2.05) is 6.92 Å². The minimum Gasteiger partial charge on any atom is -0.355 e. The summed E-state index contributed by atoms with van der Waals surface area (Å²) in [4.78, 5) is 15.1. The average molecular weight is 232 g/mol. The molecule has 6 heteroatoms. The zero-order chi connectivity index (χ0) is 11.1. The van der Waals surface area contributed by atoms with Gasteiger partial charge in [-0.3, -0.25) is 4.79 Å². The van der Waals surface area contributed by atoms with Crippen molar-refractivity contribution in [2.24, 2.45) is 0 Å². The Morgan fingerprint density at radius 3 is 3.13 bits per heavy atom. The summed E-state index contributed by atoms with van der Waals surface area (Å²) in [6, 6.07) is 0. The summed E-state index contributed by atoms with van der Waals surface area (Å²) >= 11 is 5.48. The van der Waals surface area contributed by atoms with Gasteiger partial charge in [0.2, 0.25) is 12.3 Å². The number of hydrogen-bond donors (Lipinski definition) is 1. The van der Waals surface area contributed by atoms with Crippen LogP contribution in [0.5, 0.6) is 0 Å². The Hall–Kier alpha value is -1.10. The highest BCUT2D eigenvalue weighted by atomic mass is 35.5. The fraction of sp³-hybridized carbons (Fsp3) is 0.667. The molecule has 1 aromatic rings. The third-order valence-electron chi connectivity index (χ3n) is 1.96. The highest BCUT2D eigenvalue weighted by Gasteiger charge is 2.11. The summed E-state index contributed by atoms with van der Waals surface area (Å²) in [5.74, 6) is 1.18. The fourth-order valence-corrected chi connectivity index (χ4v) is 1.20. The largest absolute Gasteiger partial charge is 0.355 e. The first-order chi connectivity index (χ1) is 7.24. The van der Waals surface area contributed by atoms with E-state index in [0.717, 1.165) is 0 Å². The second kappa shape index (κ2) is 6.40. The maximum atomic E-state index is 11.2. The van der Waals surface area contributed by atoms with Crippen LogP contribution >= 0.6 is 11.6 Å². The van der Waals surface area contributed by atoms with Crippen LogP contribution in [0.15, 0.2) is 10.9 Å². The summed E-state index contributed by atoms with van der Waals surface area (Å²) in [5.41, 5.74) is 0. The molecule has 1 amide bonds. The molecule has 1 aromatic heterocycles. The third-order valence-corrected chi connectivity index (χ3v) is 2.23. The quantitative estimate of drug-likeness (QED) is 0.750. The van der Waals surface area contributed by atoms with Gasteiger partial charge in [0.25, 0.3) is 0 Å². The van der Waals surface area contributed by atoms with Crippen molar-refractivity contribution in [1.82, 2.24) is 15.5 Å². The summed E-state index contributed by atoms with van der Waals surface area (Å²) in [5, 5.41) is 6.48. The zero-order valence-corrected chi connectivity index (χ0v) is 9.33. The van der Waals surface area contributed by atoms with Gasteiger partial charge in [-0.2, -0.15) is 4.98 Å². The van der Waals surface area contributed by atoms with Crippen LogP contribution in [0.1, 0.15) is 31.5 Å². The second-order valence-electron chi connectivity index (χ2n) is 3.29. The molecule has 0 saturated heterocycles. The van der Waals surface area contributed by atoms with Gasteiger partial charge in [-0.15, -0.1) is 11.6 Å². The van der Waals surface area contributed by atoms with Crippen LogP contribution < -0.4 is 5.32 Å². The normalized spacial score (nSPS) is 12.4. The summed E-state index contributed by atoms with van der Waals surface area (Å²) < 4.78 is 4.62. The molecule has 1 N–H and O–H groups in total. The minimum atomic E-state index is 0.00555. The molecule has 5 nitrogen and oxygen atoms in total. The Balaban J connectivity index is 2.22. The van der Waals surface area contributed by atoms with E-state index < -0.39 is 0 Å². The second-order valence-corrected chi connectivity index (χ2v) is 3.67. The Labute approximate surface area is 93.2 Å². The van der Waals surface area contributed by atoms with E-state index >= 15 is 0 Å². The molecular weight excluding hydrogens is 218 g/mol. The number of alkyl halides is 1. The molecule has 84 valence electrons. The van der Waals surface area contributed by atoms with E-state index in [-0.39, 0.29) is 11.8 Å². The topological polar surface area (TPSA) is 68.0 Å². The lowest BCUT2D eigenvalue weighted by atomic mass is 10.1. The van der Waals surface area contributed by atoms with Crippen molar-refractivity contribution >= 4 is 17.5 Å². The first kappa shape index (κ1) is 12.0. The van der Waals surface area contributed by atoms with Gasteiger partial charge in [-0.1, -0.05) is 12.1 Å². The molecule has 0 aliphatic carbocycles. The van der Waals surface area contributed by atoms with E-state index in [2.05, 4.69) is 20.0 Å². The third kappa shape index (κ3) is 4.29. The Bertz CT molecular complexity index is 290. The molecule has 0 aromatic carbocycles. The van der Waals surface area contributed by atoms with Crippen LogP contribution in [0.25, 0.3) is 0 Å². The van der Waals surface area contributed by atoms with Gasteiger partial charge in [-0.05, 0) is 6.42 Å². The van der Waals surface area contributed by atoms with Crippen LogP contribution in [0, 0.1) is 0 Å². The Morgan fingerprint density at radius 1 is 1.73 bits per heavy atom. The molecule has 1 rings (SSSR count). The van der Waals surface area contributed by atoms with Crippen LogP contribution in [-0.4, -0.2) is 28.5 Å². The highest BCUT2D eigenvalue weighted by Crippen LogP contribution is 2.07. The Kier molecular flexibility index (Phi) is 5.10. The maximum Gasteiger partial charge on any atom is 0.220 e. The predicted molar refractivity (Wildman–Crippen MR) is 55.7 cm³/mol. The van der Waals surface area contributed by atoms with Crippen molar-refractivity contribution in [2.75, 3.05) is 12.4 Å². The van der Waals surface area contributed by atoms with E-state index in [0.29, 0.717) is 31.1 Å². The number of nitrogens with zero attached hydrogens (tertiary/aromatic N) is 2. The molecule has 0 saturated carbocycles. The maximum absolute atomic E-state index is 11.2. The van der Waals surface area contributed by atoms with E-state index in [1.165, 1.54) is 6.39 Å². The standard InChI is InChI=1S/C9H14ClN3O2/c1-7(9-12-6-15-13-9)5-11-8(14)3-2-4-10/h6-7H,2-5H2,1H3,(H,11,14). The van der Waals surface area contributed by atoms with Crippen molar-refractivity contribution in [2.45, 2.75) is 25.7 Å². The number of hydrogen-bond acceptors (Lipinski definition) is 4. The molecule has 0 aliphatic rings. The SMILES string of the molecule is CC(CNC(=O)CCCCl)c1ncon1. The predicted octanol–water partition coefficient (Wildman–Crippen LogP) is 1.31. The molecule has 1 heterocycles. The zero-order valence-electron chi connectivity index (χ0n) is 8.57. The minimum absolute atomic E-state index is 0.00555. The van der Waals surface area contributed by atoms with Crippen LogP contribution in [-0.2, 0) is 4.79 Å². The monoisotopic (exact) mass is 231 g/mol. The Morgan fingerprint density at radius 2 is 2.53 bits per heavy atom. The molecule has 0 radical (unpaired) electrons. The first-order valence-electron chi connectivity index (χ1n) is 4.83. The van der Waals surface area contributed by atoms with Gasteiger partial charge in [0.1, 0.15) is 0 Å². The van der Waals surface area contributed by atoms with Crippen molar-refractivity contribution in [3.05, 3.63) is 12.2 Å². The molecule has 1 atom stereocenters. The lowest BCUT2D eigenvalue weighted by Gasteiger charge is -2.08. The van der Waals surface area contributed by atoms with Crippen molar-refractivity contribution < 1.29 is 9.32 Å². The average Bonchev–Trinajstić information content (AvgIpc) is 2.76. The number of carbonyl (C=O) groups excluding carboxylic acids is 1. The lowest BCUT2D eigenvalue weighted by molar-refractivity contribution is -0.121.